The molecule has 1 saturated carbocycles. The summed E-state index contributed by atoms with van der Waals surface area (Å²) < 4.78 is 1.40. The average molecular weight is 306 g/mol. The summed E-state index contributed by atoms with van der Waals surface area (Å²) in [5.74, 6) is 0.148. The number of β-amino-alcohol motifs (C(OH)–C–C–N with tert-alkyl or cyclic N) is 1. The van der Waals surface area contributed by atoms with Crippen molar-refractivity contribution in [3.8, 4) is 0 Å². The number of hydrogen-bond acceptors (Lipinski definition) is 4. The Balaban J connectivity index is 1.60. The van der Waals surface area contributed by atoms with Gasteiger partial charge in [-0.2, -0.15) is 5.10 Å². The van der Waals surface area contributed by atoms with Gasteiger partial charge in [0.1, 0.15) is 5.69 Å². The molecule has 2 aliphatic rings. The van der Waals surface area contributed by atoms with E-state index in [-0.39, 0.29) is 30.6 Å². The molecule has 0 saturated heterocycles. The van der Waals surface area contributed by atoms with E-state index in [4.69, 9.17) is 0 Å². The SMILES string of the molecule is O=C(NCCC1CCCC1)c1cc2n(n1)CC(O)CNC2=O. The number of carbonyl (C=O) groups is 2. The molecule has 2 amide bonds. The highest BCUT2D eigenvalue weighted by molar-refractivity contribution is 5.98. The number of nitrogens with zero attached hydrogens (tertiary/aromatic N) is 2. The highest BCUT2D eigenvalue weighted by Crippen LogP contribution is 2.26. The smallest absolute Gasteiger partial charge is 0.271 e. The van der Waals surface area contributed by atoms with Gasteiger partial charge in [-0.15, -0.1) is 0 Å². The second-order valence-corrected chi connectivity index (χ2v) is 6.16. The van der Waals surface area contributed by atoms with Crippen LogP contribution in [0.5, 0.6) is 0 Å². The summed E-state index contributed by atoms with van der Waals surface area (Å²) in [5.41, 5.74) is 0.545. The first kappa shape index (κ1) is 15.0. The van der Waals surface area contributed by atoms with Crippen LogP contribution in [0, 0.1) is 5.92 Å². The number of aliphatic hydroxyl groups excluding tert-OH is 1. The molecule has 7 nitrogen and oxygen atoms in total. The Morgan fingerprint density at radius 3 is 3.00 bits per heavy atom. The van der Waals surface area contributed by atoms with Crippen LogP contribution < -0.4 is 10.6 Å². The van der Waals surface area contributed by atoms with Crippen molar-refractivity contribution in [1.82, 2.24) is 20.4 Å². The molecular formula is C15H22N4O3. The normalized spacial score (nSPS) is 22.0. The fraction of sp³-hybridized carbons (Fsp3) is 0.667. The van der Waals surface area contributed by atoms with E-state index in [2.05, 4.69) is 15.7 Å². The number of carbonyl (C=O) groups excluding carboxylic acids is 2. The van der Waals surface area contributed by atoms with E-state index in [1.807, 2.05) is 0 Å². The maximum absolute atomic E-state index is 12.1. The minimum atomic E-state index is -0.691. The maximum atomic E-state index is 12.1. The van der Waals surface area contributed by atoms with Crippen LogP contribution in [0.25, 0.3) is 0 Å². The standard InChI is InChI=1S/C15H22N4O3/c20-11-8-17-15(22)13-7-12(18-19(13)9-11)14(21)16-6-5-10-3-1-2-4-10/h7,10-11,20H,1-6,8-9H2,(H,16,21)(H,17,22). The minimum Gasteiger partial charge on any atom is -0.389 e. The number of amides is 2. The molecule has 1 fully saturated rings. The first-order valence-corrected chi connectivity index (χ1v) is 7.96. The fourth-order valence-corrected chi connectivity index (χ4v) is 3.19. The summed E-state index contributed by atoms with van der Waals surface area (Å²) in [6.07, 6.45) is 5.41. The number of aromatic nitrogens is 2. The van der Waals surface area contributed by atoms with Crippen molar-refractivity contribution in [3.63, 3.8) is 0 Å². The second-order valence-electron chi connectivity index (χ2n) is 6.16. The van der Waals surface area contributed by atoms with Crippen LogP contribution in [0.3, 0.4) is 0 Å². The average Bonchev–Trinajstić information content (AvgIpc) is 3.12. The number of fused-ring (bicyclic) bond motifs is 1. The lowest BCUT2D eigenvalue weighted by atomic mass is 10.0. The van der Waals surface area contributed by atoms with Gasteiger partial charge in [-0.05, 0) is 12.3 Å². The van der Waals surface area contributed by atoms with E-state index in [1.54, 1.807) is 0 Å². The molecule has 1 atom stereocenters. The molecule has 1 aromatic rings. The molecule has 7 heteroatoms. The minimum absolute atomic E-state index is 0.200. The third kappa shape index (κ3) is 3.30. The Kier molecular flexibility index (Phi) is 4.42. The Labute approximate surface area is 129 Å². The fourth-order valence-electron chi connectivity index (χ4n) is 3.19. The van der Waals surface area contributed by atoms with Gasteiger partial charge in [-0.1, -0.05) is 25.7 Å². The lowest BCUT2D eigenvalue weighted by molar-refractivity contribution is 0.0931. The molecule has 0 radical (unpaired) electrons. The van der Waals surface area contributed by atoms with Gasteiger partial charge >= 0.3 is 0 Å². The van der Waals surface area contributed by atoms with E-state index in [9.17, 15) is 14.7 Å². The lowest BCUT2D eigenvalue weighted by Crippen LogP contribution is -2.30. The predicted molar refractivity (Wildman–Crippen MR) is 79.5 cm³/mol. The van der Waals surface area contributed by atoms with Crippen molar-refractivity contribution in [2.75, 3.05) is 13.1 Å². The van der Waals surface area contributed by atoms with E-state index in [0.717, 1.165) is 12.3 Å². The first-order chi connectivity index (χ1) is 10.6. The summed E-state index contributed by atoms with van der Waals surface area (Å²) >= 11 is 0. The third-order valence-corrected chi connectivity index (χ3v) is 4.44. The van der Waals surface area contributed by atoms with Gasteiger partial charge < -0.3 is 15.7 Å². The van der Waals surface area contributed by atoms with Crippen LogP contribution in [0.4, 0.5) is 0 Å². The molecule has 1 unspecified atom stereocenters. The molecule has 3 rings (SSSR count). The molecular weight excluding hydrogens is 284 g/mol. The number of aliphatic hydroxyl groups is 1. The van der Waals surface area contributed by atoms with Gasteiger partial charge in [0.25, 0.3) is 11.8 Å². The van der Waals surface area contributed by atoms with E-state index in [0.29, 0.717) is 12.2 Å². The predicted octanol–water partition coefficient (Wildman–Crippen LogP) is 0.297. The van der Waals surface area contributed by atoms with Crippen molar-refractivity contribution in [2.24, 2.45) is 5.92 Å². The van der Waals surface area contributed by atoms with Crippen molar-refractivity contribution < 1.29 is 14.7 Å². The first-order valence-electron chi connectivity index (χ1n) is 7.96. The van der Waals surface area contributed by atoms with Crippen molar-refractivity contribution in [1.29, 1.82) is 0 Å². The van der Waals surface area contributed by atoms with Gasteiger partial charge in [0, 0.05) is 19.2 Å². The molecule has 22 heavy (non-hydrogen) atoms. The van der Waals surface area contributed by atoms with E-state index in [1.165, 1.54) is 36.4 Å². The zero-order valence-corrected chi connectivity index (χ0v) is 12.5. The summed E-state index contributed by atoms with van der Waals surface area (Å²) in [4.78, 5) is 24.0. The number of rotatable bonds is 4. The quantitative estimate of drug-likeness (QED) is 0.745. The summed E-state index contributed by atoms with van der Waals surface area (Å²) in [7, 11) is 0. The third-order valence-electron chi connectivity index (χ3n) is 4.44. The van der Waals surface area contributed by atoms with Gasteiger partial charge in [-0.3, -0.25) is 14.3 Å². The Bertz CT molecular complexity index is 563. The van der Waals surface area contributed by atoms with Crippen LogP contribution in [0.2, 0.25) is 0 Å². The van der Waals surface area contributed by atoms with Crippen LogP contribution in [-0.4, -0.2) is 45.9 Å². The largest absolute Gasteiger partial charge is 0.389 e. The van der Waals surface area contributed by atoms with Crippen molar-refractivity contribution >= 4 is 11.8 Å². The molecule has 1 aliphatic carbocycles. The number of hydrogen-bond donors (Lipinski definition) is 3. The Morgan fingerprint density at radius 2 is 2.23 bits per heavy atom. The topological polar surface area (TPSA) is 96.2 Å². The van der Waals surface area contributed by atoms with Crippen LogP contribution >= 0.6 is 0 Å². The lowest BCUT2D eigenvalue weighted by Gasteiger charge is -2.09. The maximum Gasteiger partial charge on any atom is 0.271 e. The van der Waals surface area contributed by atoms with E-state index < -0.39 is 6.10 Å². The molecule has 1 aromatic heterocycles. The summed E-state index contributed by atoms with van der Waals surface area (Å²) in [5, 5.41) is 19.3. The number of nitrogens with one attached hydrogen (secondary N) is 2. The molecule has 120 valence electrons. The molecule has 3 N–H and O–H groups in total. The van der Waals surface area contributed by atoms with Crippen molar-refractivity contribution in [3.05, 3.63) is 17.5 Å². The Hall–Kier alpha value is -1.89. The molecule has 2 heterocycles. The van der Waals surface area contributed by atoms with Crippen LogP contribution in [0.1, 0.15) is 53.1 Å². The van der Waals surface area contributed by atoms with Crippen LogP contribution in [0.15, 0.2) is 6.07 Å². The van der Waals surface area contributed by atoms with Gasteiger partial charge in [0.05, 0.1) is 12.6 Å². The molecule has 1 aliphatic heterocycles. The zero-order valence-electron chi connectivity index (χ0n) is 12.5. The molecule has 0 spiro atoms. The highest BCUT2D eigenvalue weighted by Gasteiger charge is 2.24. The van der Waals surface area contributed by atoms with Gasteiger partial charge in [0.2, 0.25) is 0 Å². The monoisotopic (exact) mass is 306 g/mol. The van der Waals surface area contributed by atoms with Crippen molar-refractivity contribution in [2.45, 2.75) is 44.8 Å². The summed E-state index contributed by atoms with van der Waals surface area (Å²) in [6, 6.07) is 1.48. The molecule has 0 bridgehead atoms. The zero-order chi connectivity index (χ0) is 15.5. The highest BCUT2D eigenvalue weighted by atomic mass is 16.3. The summed E-state index contributed by atoms with van der Waals surface area (Å²) in [6.45, 7) is 1.05. The van der Waals surface area contributed by atoms with Gasteiger partial charge in [-0.25, -0.2) is 0 Å². The van der Waals surface area contributed by atoms with Crippen LogP contribution in [-0.2, 0) is 6.54 Å². The van der Waals surface area contributed by atoms with Gasteiger partial charge in [0.15, 0.2) is 5.69 Å². The second kappa shape index (κ2) is 6.48. The Morgan fingerprint density at radius 1 is 1.45 bits per heavy atom. The molecule has 0 aromatic carbocycles. The van der Waals surface area contributed by atoms with E-state index >= 15 is 0 Å².